The van der Waals surface area contributed by atoms with Crippen LogP contribution in [0.5, 0.6) is 5.75 Å². The summed E-state index contributed by atoms with van der Waals surface area (Å²) in [6, 6.07) is 6.25. The molecule has 1 saturated carbocycles. The van der Waals surface area contributed by atoms with E-state index in [1.165, 1.54) is 24.0 Å². The van der Waals surface area contributed by atoms with Crippen molar-refractivity contribution in [3.05, 3.63) is 29.3 Å². The van der Waals surface area contributed by atoms with Gasteiger partial charge in [0.15, 0.2) is 6.79 Å². The number of hydrogen-bond acceptors (Lipinski definition) is 3. The number of rotatable bonds is 8. The van der Waals surface area contributed by atoms with Gasteiger partial charge in [-0.25, -0.2) is 0 Å². The van der Waals surface area contributed by atoms with Gasteiger partial charge in [0.1, 0.15) is 5.75 Å². The van der Waals surface area contributed by atoms with Gasteiger partial charge in [-0.2, -0.15) is 0 Å². The van der Waals surface area contributed by atoms with Crippen molar-refractivity contribution in [2.45, 2.75) is 33.2 Å². The normalized spacial score (nSPS) is 14.8. The summed E-state index contributed by atoms with van der Waals surface area (Å²) in [4.78, 5) is 0. The molecule has 0 bridgehead atoms. The van der Waals surface area contributed by atoms with Crippen molar-refractivity contribution in [2.24, 2.45) is 5.92 Å². The lowest BCUT2D eigenvalue weighted by Crippen LogP contribution is -2.14. The van der Waals surface area contributed by atoms with Gasteiger partial charge in [0, 0.05) is 12.1 Å². The molecular formula is C15H23NO2. The van der Waals surface area contributed by atoms with Crippen molar-refractivity contribution in [3.8, 4) is 5.75 Å². The highest BCUT2D eigenvalue weighted by molar-refractivity contribution is 5.40. The molecule has 1 aliphatic carbocycles. The van der Waals surface area contributed by atoms with E-state index in [0.29, 0.717) is 6.79 Å². The molecule has 0 aliphatic heterocycles. The van der Waals surface area contributed by atoms with Crippen molar-refractivity contribution in [1.82, 2.24) is 5.32 Å². The van der Waals surface area contributed by atoms with Gasteiger partial charge in [0.2, 0.25) is 0 Å². The number of ether oxygens (including phenoxy) is 2. The Hall–Kier alpha value is -1.06. The van der Waals surface area contributed by atoms with Crippen LogP contribution in [0.4, 0.5) is 0 Å². The third-order valence-electron chi connectivity index (χ3n) is 3.20. The maximum Gasteiger partial charge on any atom is 0.189 e. The Bertz CT molecular complexity index is 375. The van der Waals surface area contributed by atoms with Crippen LogP contribution in [0.1, 0.15) is 30.9 Å². The summed E-state index contributed by atoms with van der Waals surface area (Å²) in [6.45, 7) is 7.19. The zero-order chi connectivity index (χ0) is 12.8. The maximum absolute atomic E-state index is 5.78. The smallest absolute Gasteiger partial charge is 0.189 e. The molecule has 1 N–H and O–H groups in total. The zero-order valence-corrected chi connectivity index (χ0v) is 11.4. The monoisotopic (exact) mass is 249 g/mol. The van der Waals surface area contributed by atoms with Crippen LogP contribution in [0.15, 0.2) is 18.2 Å². The van der Waals surface area contributed by atoms with Crippen molar-refractivity contribution < 1.29 is 9.47 Å². The van der Waals surface area contributed by atoms with Crippen LogP contribution >= 0.6 is 0 Å². The average molecular weight is 249 g/mol. The second kappa shape index (κ2) is 6.76. The van der Waals surface area contributed by atoms with Crippen LogP contribution in [0.25, 0.3) is 0 Å². The van der Waals surface area contributed by atoms with Gasteiger partial charge >= 0.3 is 0 Å². The Labute approximate surface area is 109 Å². The van der Waals surface area contributed by atoms with Gasteiger partial charge in [0.25, 0.3) is 0 Å². The third-order valence-corrected chi connectivity index (χ3v) is 3.20. The number of aryl methyl sites for hydroxylation is 1. The van der Waals surface area contributed by atoms with E-state index in [4.69, 9.17) is 9.47 Å². The highest BCUT2D eigenvalue weighted by Crippen LogP contribution is 2.29. The van der Waals surface area contributed by atoms with Crippen LogP contribution in [0.2, 0.25) is 0 Å². The van der Waals surface area contributed by atoms with Gasteiger partial charge < -0.3 is 14.8 Å². The fourth-order valence-corrected chi connectivity index (χ4v) is 1.92. The number of nitrogens with one attached hydrogen (secondary N) is 1. The number of benzene rings is 1. The molecule has 0 unspecified atom stereocenters. The molecule has 0 amide bonds. The van der Waals surface area contributed by atoms with Crippen LogP contribution in [-0.4, -0.2) is 19.9 Å². The minimum Gasteiger partial charge on any atom is -0.467 e. The minimum atomic E-state index is 0.362. The first-order chi connectivity index (χ1) is 8.81. The number of para-hydroxylation sites is 1. The average Bonchev–Trinajstić information content (AvgIpc) is 3.18. The summed E-state index contributed by atoms with van der Waals surface area (Å²) in [5.41, 5.74) is 2.37. The lowest BCUT2D eigenvalue weighted by atomic mass is 10.1. The van der Waals surface area contributed by atoms with Crippen molar-refractivity contribution in [1.29, 1.82) is 0 Å². The van der Waals surface area contributed by atoms with Gasteiger partial charge in [-0.15, -0.1) is 0 Å². The fraction of sp³-hybridized carbons (Fsp3) is 0.600. The van der Waals surface area contributed by atoms with Crippen molar-refractivity contribution in [2.75, 3.05) is 19.9 Å². The largest absolute Gasteiger partial charge is 0.467 e. The Morgan fingerprint density at radius 3 is 2.89 bits per heavy atom. The standard InChI is InChI=1S/C15H23NO2/c1-3-16-9-14-6-4-5-12(2)15(14)18-11-17-10-13-7-8-13/h4-6,13,16H,3,7-11H2,1-2H3. The Kier molecular flexibility index (Phi) is 5.02. The van der Waals surface area contributed by atoms with Gasteiger partial charge in [-0.05, 0) is 37.8 Å². The van der Waals surface area contributed by atoms with E-state index in [9.17, 15) is 0 Å². The Morgan fingerprint density at radius 1 is 1.33 bits per heavy atom. The summed E-state index contributed by atoms with van der Waals surface area (Å²) in [5.74, 6) is 1.75. The molecule has 1 fully saturated rings. The van der Waals surface area contributed by atoms with Crippen LogP contribution < -0.4 is 10.1 Å². The molecule has 18 heavy (non-hydrogen) atoms. The minimum absolute atomic E-state index is 0.362. The predicted octanol–water partition coefficient (Wildman–Crippen LogP) is 2.87. The first kappa shape index (κ1) is 13.4. The highest BCUT2D eigenvalue weighted by atomic mass is 16.7. The van der Waals surface area contributed by atoms with Crippen molar-refractivity contribution >= 4 is 0 Å². The summed E-state index contributed by atoms with van der Waals surface area (Å²) in [5, 5.41) is 3.33. The summed E-state index contributed by atoms with van der Waals surface area (Å²) in [7, 11) is 0. The molecule has 100 valence electrons. The van der Waals surface area contributed by atoms with E-state index in [2.05, 4.69) is 37.4 Å². The number of hydrogen-bond donors (Lipinski definition) is 1. The molecule has 2 rings (SSSR count). The molecule has 0 spiro atoms. The molecule has 0 radical (unpaired) electrons. The molecule has 3 nitrogen and oxygen atoms in total. The molecule has 0 saturated heterocycles. The summed E-state index contributed by atoms with van der Waals surface area (Å²) in [6.07, 6.45) is 2.63. The molecule has 3 heteroatoms. The van der Waals surface area contributed by atoms with Gasteiger partial charge in [-0.1, -0.05) is 25.1 Å². The van der Waals surface area contributed by atoms with E-state index in [1.807, 2.05) is 0 Å². The van der Waals surface area contributed by atoms with E-state index in [0.717, 1.165) is 31.4 Å². The molecule has 1 aliphatic rings. The molecule has 1 aromatic carbocycles. The SMILES string of the molecule is CCNCc1cccc(C)c1OCOCC1CC1. The summed E-state index contributed by atoms with van der Waals surface area (Å²) < 4.78 is 11.3. The lowest BCUT2D eigenvalue weighted by Gasteiger charge is -2.14. The lowest BCUT2D eigenvalue weighted by molar-refractivity contribution is 0.00904. The molecule has 0 heterocycles. The van der Waals surface area contributed by atoms with Gasteiger partial charge in [0.05, 0.1) is 6.61 Å². The first-order valence-electron chi connectivity index (χ1n) is 6.81. The summed E-state index contributed by atoms with van der Waals surface area (Å²) >= 11 is 0. The molecule has 0 aromatic heterocycles. The van der Waals surface area contributed by atoms with Crippen LogP contribution in [-0.2, 0) is 11.3 Å². The maximum atomic E-state index is 5.78. The third kappa shape index (κ3) is 4.00. The van der Waals surface area contributed by atoms with Crippen LogP contribution in [0.3, 0.4) is 0 Å². The van der Waals surface area contributed by atoms with E-state index in [-0.39, 0.29) is 0 Å². The zero-order valence-electron chi connectivity index (χ0n) is 11.4. The van der Waals surface area contributed by atoms with E-state index < -0.39 is 0 Å². The second-order valence-electron chi connectivity index (χ2n) is 4.92. The van der Waals surface area contributed by atoms with E-state index >= 15 is 0 Å². The molecular weight excluding hydrogens is 226 g/mol. The van der Waals surface area contributed by atoms with Crippen molar-refractivity contribution in [3.63, 3.8) is 0 Å². The highest BCUT2D eigenvalue weighted by Gasteiger charge is 2.21. The van der Waals surface area contributed by atoms with Gasteiger partial charge in [-0.3, -0.25) is 0 Å². The molecule has 0 atom stereocenters. The second-order valence-corrected chi connectivity index (χ2v) is 4.92. The Balaban J connectivity index is 1.86. The van der Waals surface area contributed by atoms with Crippen LogP contribution in [0, 0.1) is 12.8 Å². The molecule has 1 aromatic rings. The predicted molar refractivity (Wildman–Crippen MR) is 72.7 cm³/mol. The quantitative estimate of drug-likeness (QED) is 0.567. The first-order valence-corrected chi connectivity index (χ1v) is 6.81. The fourth-order valence-electron chi connectivity index (χ4n) is 1.92. The Morgan fingerprint density at radius 2 is 2.17 bits per heavy atom. The topological polar surface area (TPSA) is 30.5 Å². The van der Waals surface area contributed by atoms with E-state index in [1.54, 1.807) is 0 Å².